The first-order valence-electron chi connectivity index (χ1n) is 7.23. The van der Waals surface area contributed by atoms with Crippen LogP contribution in [0.25, 0.3) is 0 Å². The predicted molar refractivity (Wildman–Crippen MR) is 96.0 cm³/mol. The van der Waals surface area contributed by atoms with Gasteiger partial charge in [0.1, 0.15) is 22.9 Å². The summed E-state index contributed by atoms with van der Waals surface area (Å²) < 4.78 is 13.0. The molecular formula is C17H11ClFN3O4. The second kappa shape index (κ2) is 6.49. The van der Waals surface area contributed by atoms with Gasteiger partial charge in [0.25, 0.3) is 16.8 Å². The van der Waals surface area contributed by atoms with Crippen LogP contribution in [0, 0.1) is 5.82 Å². The summed E-state index contributed by atoms with van der Waals surface area (Å²) in [5.41, 5.74) is 3.32. The van der Waals surface area contributed by atoms with Crippen LogP contribution in [0.3, 0.4) is 0 Å². The number of phenols is 1. The number of hydrogen-bond acceptors (Lipinski definition) is 6. The number of hydrogen-bond donors (Lipinski definition) is 4. The molecule has 3 aromatic rings. The maximum Gasteiger partial charge on any atom is 0.253 e. The number of anilines is 4. The molecule has 0 aliphatic heterocycles. The van der Waals surface area contributed by atoms with Gasteiger partial charge in [0.15, 0.2) is 5.75 Å². The monoisotopic (exact) mass is 375 g/mol. The van der Waals surface area contributed by atoms with Crippen LogP contribution in [-0.4, -0.2) is 11.0 Å². The fourth-order valence-electron chi connectivity index (χ4n) is 2.32. The van der Waals surface area contributed by atoms with Crippen molar-refractivity contribution in [3.63, 3.8) is 0 Å². The highest BCUT2D eigenvalue weighted by molar-refractivity contribution is 6.34. The largest absolute Gasteiger partial charge is 0.505 e. The highest BCUT2D eigenvalue weighted by Crippen LogP contribution is 2.37. The lowest BCUT2D eigenvalue weighted by molar-refractivity contribution is 0.0998. The first-order valence-corrected chi connectivity index (χ1v) is 7.61. The van der Waals surface area contributed by atoms with Crippen LogP contribution in [-0.2, 0) is 0 Å². The number of rotatable bonds is 5. The predicted octanol–water partition coefficient (Wildman–Crippen LogP) is 2.37. The van der Waals surface area contributed by atoms with Crippen molar-refractivity contribution in [2.24, 2.45) is 5.73 Å². The van der Waals surface area contributed by atoms with E-state index in [0.29, 0.717) is 5.69 Å². The van der Waals surface area contributed by atoms with E-state index in [-0.39, 0.29) is 27.6 Å². The molecule has 9 heteroatoms. The van der Waals surface area contributed by atoms with Crippen LogP contribution in [0.4, 0.5) is 27.1 Å². The summed E-state index contributed by atoms with van der Waals surface area (Å²) in [4.78, 5) is 35.0. The molecule has 0 aliphatic rings. The number of nitrogens with two attached hydrogens (primary N) is 1. The first kappa shape index (κ1) is 17.4. The molecule has 3 aromatic carbocycles. The summed E-state index contributed by atoms with van der Waals surface area (Å²) >= 11 is 5.99. The van der Waals surface area contributed by atoms with E-state index in [2.05, 4.69) is 10.6 Å². The standard InChI is InChI=1S/C17H11ClFN3O4/c18-10-6-5-9(17(20)26)14(23)11(10)22-13-12(15(24)16(13)25)21-8-3-1-7(19)2-4-8/h1-6,21-23H,(H2,20,26). The van der Waals surface area contributed by atoms with Crippen LogP contribution < -0.4 is 27.2 Å². The van der Waals surface area contributed by atoms with Crippen molar-refractivity contribution in [2.45, 2.75) is 0 Å². The minimum atomic E-state index is -0.892. The molecule has 132 valence electrons. The molecular weight excluding hydrogens is 365 g/mol. The molecule has 5 N–H and O–H groups in total. The summed E-state index contributed by atoms with van der Waals surface area (Å²) in [5, 5.41) is 15.4. The molecule has 0 bridgehead atoms. The zero-order valence-corrected chi connectivity index (χ0v) is 13.7. The maximum absolute atomic E-state index is 13.0. The quantitative estimate of drug-likeness (QED) is 0.401. The third kappa shape index (κ3) is 2.98. The van der Waals surface area contributed by atoms with Crippen molar-refractivity contribution < 1.29 is 14.3 Å². The third-order valence-corrected chi connectivity index (χ3v) is 3.98. The Kier molecular flexibility index (Phi) is 4.35. The molecule has 1 amide bonds. The molecule has 0 fully saturated rings. The van der Waals surface area contributed by atoms with Crippen LogP contribution in [0.2, 0.25) is 5.02 Å². The Morgan fingerprint density at radius 1 is 0.962 bits per heavy atom. The average Bonchev–Trinajstić information content (AvgIpc) is 2.61. The van der Waals surface area contributed by atoms with Gasteiger partial charge in [-0.3, -0.25) is 14.4 Å². The van der Waals surface area contributed by atoms with Crippen LogP contribution in [0.1, 0.15) is 10.4 Å². The van der Waals surface area contributed by atoms with Gasteiger partial charge in [-0.1, -0.05) is 11.6 Å². The molecule has 0 saturated carbocycles. The van der Waals surface area contributed by atoms with Crippen molar-refractivity contribution in [2.75, 3.05) is 10.6 Å². The minimum absolute atomic E-state index is 0.00767. The summed E-state index contributed by atoms with van der Waals surface area (Å²) in [6.45, 7) is 0. The number of carbonyl (C=O) groups is 1. The lowest BCUT2D eigenvalue weighted by Crippen LogP contribution is -2.35. The topological polar surface area (TPSA) is 122 Å². The van der Waals surface area contributed by atoms with Crippen molar-refractivity contribution in [3.05, 3.63) is 73.2 Å². The normalized spacial score (nSPS) is 10.7. The number of benzene rings is 2. The molecule has 0 aromatic heterocycles. The SMILES string of the molecule is NC(=O)c1ccc(Cl)c(Nc2c(Nc3ccc(F)cc3)c(=O)c2=O)c1O. The summed E-state index contributed by atoms with van der Waals surface area (Å²) in [7, 11) is 0. The number of primary amides is 1. The summed E-state index contributed by atoms with van der Waals surface area (Å²) in [6.07, 6.45) is 0. The van der Waals surface area contributed by atoms with Gasteiger partial charge in [-0.25, -0.2) is 4.39 Å². The number of halogens is 2. The lowest BCUT2D eigenvalue weighted by Gasteiger charge is -2.17. The van der Waals surface area contributed by atoms with Gasteiger partial charge in [0.2, 0.25) is 0 Å². The summed E-state index contributed by atoms with van der Waals surface area (Å²) in [5.74, 6) is -1.90. The average molecular weight is 376 g/mol. The number of nitrogens with one attached hydrogen (secondary N) is 2. The number of amides is 1. The Morgan fingerprint density at radius 3 is 2.12 bits per heavy atom. The molecule has 0 aliphatic carbocycles. The molecule has 26 heavy (non-hydrogen) atoms. The van der Waals surface area contributed by atoms with Gasteiger partial charge >= 0.3 is 0 Å². The minimum Gasteiger partial charge on any atom is -0.505 e. The van der Waals surface area contributed by atoms with Crippen LogP contribution in [0.15, 0.2) is 46.0 Å². The van der Waals surface area contributed by atoms with Crippen LogP contribution in [0.5, 0.6) is 5.75 Å². The van der Waals surface area contributed by atoms with E-state index in [1.807, 2.05) is 0 Å². The van der Waals surface area contributed by atoms with E-state index >= 15 is 0 Å². The lowest BCUT2D eigenvalue weighted by atomic mass is 10.1. The molecule has 0 radical (unpaired) electrons. The third-order valence-electron chi connectivity index (χ3n) is 3.67. The van der Waals surface area contributed by atoms with E-state index in [1.165, 1.54) is 36.4 Å². The molecule has 0 saturated heterocycles. The van der Waals surface area contributed by atoms with Crippen LogP contribution >= 0.6 is 11.6 Å². The zero-order valence-electron chi connectivity index (χ0n) is 13.0. The van der Waals surface area contributed by atoms with Crippen molar-refractivity contribution in [1.29, 1.82) is 0 Å². The van der Waals surface area contributed by atoms with E-state index in [1.54, 1.807) is 0 Å². The van der Waals surface area contributed by atoms with Gasteiger partial charge in [-0.05, 0) is 36.4 Å². The Bertz CT molecular complexity index is 1090. The Labute approximate surface area is 150 Å². The van der Waals surface area contributed by atoms with E-state index in [0.717, 1.165) is 0 Å². The fourth-order valence-corrected chi connectivity index (χ4v) is 2.52. The molecule has 0 unspecified atom stereocenters. The Morgan fingerprint density at radius 2 is 1.54 bits per heavy atom. The first-order chi connectivity index (χ1) is 12.3. The van der Waals surface area contributed by atoms with E-state index in [4.69, 9.17) is 17.3 Å². The molecule has 7 nitrogen and oxygen atoms in total. The second-order valence-corrected chi connectivity index (χ2v) is 5.76. The Hall–Kier alpha value is -3.39. The molecule has 3 rings (SSSR count). The smallest absolute Gasteiger partial charge is 0.253 e. The molecule has 0 spiro atoms. The second-order valence-electron chi connectivity index (χ2n) is 5.35. The van der Waals surface area contributed by atoms with Gasteiger partial charge in [-0.2, -0.15) is 0 Å². The molecule has 0 atom stereocenters. The van der Waals surface area contributed by atoms with Gasteiger partial charge in [0, 0.05) is 5.69 Å². The maximum atomic E-state index is 13.0. The zero-order chi connectivity index (χ0) is 19.0. The highest BCUT2D eigenvalue weighted by atomic mass is 35.5. The van der Waals surface area contributed by atoms with E-state index < -0.39 is 28.3 Å². The van der Waals surface area contributed by atoms with Gasteiger partial charge < -0.3 is 21.5 Å². The van der Waals surface area contributed by atoms with Crippen molar-refractivity contribution >= 4 is 40.3 Å². The van der Waals surface area contributed by atoms with Crippen molar-refractivity contribution in [3.8, 4) is 5.75 Å². The van der Waals surface area contributed by atoms with Crippen molar-refractivity contribution in [1.82, 2.24) is 0 Å². The molecule has 0 heterocycles. The highest BCUT2D eigenvalue weighted by Gasteiger charge is 2.24. The number of aromatic hydroxyl groups is 1. The van der Waals surface area contributed by atoms with E-state index in [9.17, 15) is 23.9 Å². The summed E-state index contributed by atoms with van der Waals surface area (Å²) in [6, 6.07) is 7.66. The van der Waals surface area contributed by atoms with Gasteiger partial charge in [-0.15, -0.1) is 0 Å². The fraction of sp³-hybridized carbons (Fsp3) is 0. The number of carbonyl (C=O) groups excluding carboxylic acids is 1. The Balaban J connectivity index is 1.98. The van der Waals surface area contributed by atoms with Gasteiger partial charge in [0.05, 0.1) is 10.6 Å².